The molecule has 185 valence electrons. The van der Waals surface area contributed by atoms with Crippen molar-refractivity contribution < 1.29 is 14.3 Å². The highest BCUT2D eigenvalue weighted by Gasteiger charge is 2.25. The summed E-state index contributed by atoms with van der Waals surface area (Å²) < 4.78 is 5.93. The quantitative estimate of drug-likeness (QED) is 0.422. The Balaban J connectivity index is 2.02. The summed E-state index contributed by atoms with van der Waals surface area (Å²) in [7, 11) is 0. The lowest BCUT2D eigenvalue weighted by Gasteiger charge is -2.35. The second-order valence-corrected chi connectivity index (χ2v) is 10.1. The van der Waals surface area contributed by atoms with Gasteiger partial charge in [-0.3, -0.25) is 9.59 Å². The number of rotatable bonds is 14. The van der Waals surface area contributed by atoms with E-state index < -0.39 is 11.4 Å². The van der Waals surface area contributed by atoms with Crippen molar-refractivity contribution in [1.82, 2.24) is 5.32 Å². The maximum Gasteiger partial charge on any atom is 0.224 e. The van der Waals surface area contributed by atoms with Gasteiger partial charge in [0.05, 0.1) is 12.0 Å². The first kappa shape index (κ1) is 27.2. The fourth-order valence-corrected chi connectivity index (χ4v) is 3.73. The number of hydrogen-bond donors (Lipinski definition) is 2. The van der Waals surface area contributed by atoms with Gasteiger partial charge in [-0.2, -0.15) is 0 Å². The number of nitrogens with zero attached hydrogens (tertiary/aromatic N) is 1. The predicted octanol–water partition coefficient (Wildman–Crippen LogP) is 4.73. The summed E-state index contributed by atoms with van der Waals surface area (Å²) in [6.45, 7) is 12.3. The Hall–Kier alpha value is -3.02. The molecule has 0 saturated carbocycles. The molecule has 2 aromatic carbocycles. The minimum absolute atomic E-state index is 0.160. The van der Waals surface area contributed by atoms with E-state index in [9.17, 15) is 9.59 Å². The van der Waals surface area contributed by atoms with Crippen LogP contribution in [-0.2, 0) is 16.2 Å². The van der Waals surface area contributed by atoms with Crippen molar-refractivity contribution in [1.29, 1.82) is 0 Å². The lowest BCUT2D eigenvalue weighted by Crippen LogP contribution is -2.52. The molecular weight excluding hydrogens is 426 g/mol. The van der Waals surface area contributed by atoms with Crippen molar-refractivity contribution in [2.24, 2.45) is 17.6 Å². The topological polar surface area (TPSA) is 84.7 Å². The highest BCUT2D eigenvalue weighted by Crippen LogP contribution is 2.23. The van der Waals surface area contributed by atoms with E-state index in [-0.39, 0.29) is 18.2 Å². The van der Waals surface area contributed by atoms with Crippen LogP contribution in [0.5, 0.6) is 5.75 Å². The van der Waals surface area contributed by atoms with Crippen LogP contribution in [0.15, 0.2) is 54.6 Å². The first-order chi connectivity index (χ1) is 16.0. The lowest BCUT2D eigenvalue weighted by molar-refractivity contribution is -0.120. The van der Waals surface area contributed by atoms with Crippen LogP contribution in [0.2, 0.25) is 0 Å². The SMILES string of the molecule is CC(C)CCN(CC(C)(C)NC(=O)[CH]C(C)CC(N)=O)c1ccc(OCc2ccccc2)cc1. The number of carbonyl (C=O) groups is 2. The largest absolute Gasteiger partial charge is 0.489 e. The first-order valence-corrected chi connectivity index (χ1v) is 12.0. The van der Waals surface area contributed by atoms with Crippen molar-refractivity contribution in [3.8, 4) is 5.75 Å². The van der Waals surface area contributed by atoms with Crippen molar-refractivity contribution in [2.75, 3.05) is 18.0 Å². The number of ether oxygens (including phenoxy) is 1. The number of carbonyl (C=O) groups excluding carboxylic acids is 2. The summed E-state index contributed by atoms with van der Waals surface area (Å²) in [5.41, 5.74) is 6.98. The zero-order valence-electron chi connectivity index (χ0n) is 21.2. The Labute approximate surface area is 204 Å². The molecule has 1 atom stereocenters. The van der Waals surface area contributed by atoms with Gasteiger partial charge in [-0.1, -0.05) is 51.1 Å². The molecule has 34 heavy (non-hydrogen) atoms. The Morgan fingerprint density at radius 2 is 1.71 bits per heavy atom. The molecule has 0 aliphatic carbocycles. The monoisotopic (exact) mass is 466 g/mol. The Bertz CT molecular complexity index is 895. The van der Waals surface area contributed by atoms with Gasteiger partial charge in [0.2, 0.25) is 11.8 Å². The standard InChI is InChI=1S/C28H40N3O3/c1-21(2)15-16-31(20-28(4,5)30-27(33)18-22(3)17-26(29)32)24-11-13-25(14-12-24)34-19-23-9-7-6-8-10-23/h6-14,18,21-22H,15-17,19-20H2,1-5H3,(H2,29,32)(H,30,33). The number of nitrogens with one attached hydrogen (secondary N) is 1. The van der Waals surface area contributed by atoms with E-state index in [0.29, 0.717) is 19.1 Å². The summed E-state index contributed by atoms with van der Waals surface area (Å²) in [6.07, 6.45) is 2.73. The fourth-order valence-electron chi connectivity index (χ4n) is 3.73. The molecule has 1 radical (unpaired) electrons. The zero-order chi connectivity index (χ0) is 25.1. The number of primary amides is 1. The second-order valence-electron chi connectivity index (χ2n) is 10.1. The first-order valence-electron chi connectivity index (χ1n) is 12.0. The number of nitrogens with two attached hydrogens (primary N) is 1. The van der Waals surface area contributed by atoms with Gasteiger partial charge < -0.3 is 20.7 Å². The van der Waals surface area contributed by atoms with Crippen molar-refractivity contribution in [2.45, 2.75) is 59.6 Å². The maximum atomic E-state index is 12.5. The minimum Gasteiger partial charge on any atom is -0.489 e. The molecule has 2 rings (SSSR count). The van der Waals surface area contributed by atoms with Crippen LogP contribution in [0.3, 0.4) is 0 Å². The Morgan fingerprint density at radius 3 is 2.29 bits per heavy atom. The van der Waals surface area contributed by atoms with E-state index in [1.807, 2.05) is 63.2 Å². The van der Waals surface area contributed by atoms with Crippen LogP contribution >= 0.6 is 0 Å². The van der Waals surface area contributed by atoms with Gasteiger partial charge in [0.25, 0.3) is 0 Å². The van der Waals surface area contributed by atoms with E-state index in [1.165, 1.54) is 6.42 Å². The van der Waals surface area contributed by atoms with Gasteiger partial charge in [0, 0.05) is 25.2 Å². The van der Waals surface area contributed by atoms with Gasteiger partial charge in [-0.25, -0.2) is 0 Å². The normalized spacial score (nSPS) is 12.3. The van der Waals surface area contributed by atoms with Gasteiger partial charge >= 0.3 is 0 Å². The van der Waals surface area contributed by atoms with Crippen molar-refractivity contribution in [3.05, 3.63) is 66.6 Å². The van der Waals surface area contributed by atoms with Gasteiger partial charge in [0.1, 0.15) is 12.4 Å². The van der Waals surface area contributed by atoms with E-state index in [0.717, 1.165) is 30.0 Å². The Kier molecular flexibility index (Phi) is 10.4. The summed E-state index contributed by atoms with van der Waals surface area (Å²) in [5.74, 6) is 0.589. The average molecular weight is 467 g/mol. The smallest absolute Gasteiger partial charge is 0.224 e. The van der Waals surface area contributed by atoms with Gasteiger partial charge in [0.15, 0.2) is 0 Å². The molecule has 2 amide bonds. The van der Waals surface area contributed by atoms with E-state index >= 15 is 0 Å². The summed E-state index contributed by atoms with van der Waals surface area (Å²) in [6, 6.07) is 18.2. The van der Waals surface area contributed by atoms with E-state index in [4.69, 9.17) is 10.5 Å². The van der Waals surface area contributed by atoms with Gasteiger partial charge in [-0.15, -0.1) is 0 Å². The van der Waals surface area contributed by atoms with Crippen LogP contribution in [0.1, 0.15) is 53.0 Å². The molecule has 2 aromatic rings. The van der Waals surface area contributed by atoms with Crippen LogP contribution in [0.4, 0.5) is 5.69 Å². The van der Waals surface area contributed by atoms with Crippen LogP contribution in [-0.4, -0.2) is 30.4 Å². The maximum absolute atomic E-state index is 12.5. The van der Waals surface area contributed by atoms with E-state index in [2.05, 4.69) is 36.2 Å². The summed E-state index contributed by atoms with van der Waals surface area (Å²) in [4.78, 5) is 25.9. The summed E-state index contributed by atoms with van der Waals surface area (Å²) in [5, 5.41) is 3.09. The molecule has 6 nitrogen and oxygen atoms in total. The molecule has 3 N–H and O–H groups in total. The molecule has 0 aliphatic rings. The number of anilines is 1. The van der Waals surface area contributed by atoms with Crippen LogP contribution in [0, 0.1) is 18.3 Å². The zero-order valence-corrected chi connectivity index (χ0v) is 21.2. The molecule has 0 aromatic heterocycles. The molecular formula is C28H40N3O3. The molecule has 0 bridgehead atoms. The molecule has 1 unspecified atom stereocenters. The Morgan fingerprint density at radius 1 is 1.06 bits per heavy atom. The van der Waals surface area contributed by atoms with E-state index in [1.54, 1.807) is 0 Å². The third-order valence-electron chi connectivity index (χ3n) is 5.43. The molecule has 6 heteroatoms. The number of hydrogen-bond acceptors (Lipinski definition) is 4. The third-order valence-corrected chi connectivity index (χ3v) is 5.43. The summed E-state index contributed by atoms with van der Waals surface area (Å²) >= 11 is 0. The van der Waals surface area contributed by atoms with Gasteiger partial charge in [-0.05, 0) is 61.9 Å². The van der Waals surface area contributed by atoms with Crippen LogP contribution in [0.25, 0.3) is 0 Å². The number of benzene rings is 2. The predicted molar refractivity (Wildman–Crippen MR) is 138 cm³/mol. The van der Waals surface area contributed by atoms with Crippen molar-refractivity contribution >= 4 is 17.5 Å². The molecule has 0 aliphatic heterocycles. The van der Waals surface area contributed by atoms with Crippen LogP contribution < -0.4 is 20.7 Å². The third kappa shape index (κ3) is 10.3. The molecule has 0 saturated heterocycles. The highest BCUT2D eigenvalue weighted by molar-refractivity contribution is 5.86. The second kappa shape index (κ2) is 13.0. The lowest BCUT2D eigenvalue weighted by atomic mass is 9.99. The molecule has 0 spiro atoms. The highest BCUT2D eigenvalue weighted by atomic mass is 16.5. The average Bonchev–Trinajstić information content (AvgIpc) is 2.75. The number of amides is 2. The van der Waals surface area contributed by atoms with Crippen molar-refractivity contribution in [3.63, 3.8) is 0 Å². The molecule has 0 fully saturated rings. The fraction of sp³-hybridized carbons (Fsp3) is 0.464. The molecule has 0 heterocycles. The minimum atomic E-state index is -0.473.